The number of hydrogen-bond donors (Lipinski definition) is 0. The van der Waals surface area contributed by atoms with Crippen molar-refractivity contribution in [3.8, 4) is 21.8 Å². The van der Waals surface area contributed by atoms with Crippen LogP contribution in [0, 0.1) is 3.57 Å². The van der Waals surface area contributed by atoms with E-state index < -0.39 is 0 Å². The average molecular weight is 464 g/mol. The summed E-state index contributed by atoms with van der Waals surface area (Å²) in [4.78, 5) is 15.6. The number of halogens is 1. The van der Waals surface area contributed by atoms with Gasteiger partial charge in [-0.05, 0) is 47.0 Å². The number of hydrogen-bond acceptors (Lipinski definition) is 5. The molecule has 0 amide bonds. The van der Waals surface area contributed by atoms with Crippen LogP contribution in [-0.2, 0) is 7.05 Å². The zero-order valence-electron chi connectivity index (χ0n) is 13.0. The molecule has 24 heavy (non-hydrogen) atoms. The van der Waals surface area contributed by atoms with E-state index in [9.17, 15) is 0 Å². The molecule has 120 valence electrons. The molecular formula is C17H13IN4S2. The number of fused-ring (bicyclic) bond motifs is 1. The first-order chi connectivity index (χ1) is 11.7. The van der Waals surface area contributed by atoms with Gasteiger partial charge in [0.2, 0.25) is 0 Å². The number of thiophene rings is 1. The summed E-state index contributed by atoms with van der Waals surface area (Å²) in [6.07, 6.45) is 5.55. The first kappa shape index (κ1) is 16.0. The summed E-state index contributed by atoms with van der Waals surface area (Å²) < 4.78 is 3.29. The molecule has 0 radical (unpaired) electrons. The van der Waals surface area contributed by atoms with E-state index in [2.05, 4.69) is 72.4 Å². The summed E-state index contributed by atoms with van der Waals surface area (Å²) in [7, 11) is 2.03. The van der Waals surface area contributed by atoms with Crippen LogP contribution in [0.2, 0.25) is 0 Å². The zero-order valence-corrected chi connectivity index (χ0v) is 16.8. The molecule has 0 aliphatic rings. The lowest BCUT2D eigenvalue weighted by Gasteiger charge is -2.04. The topological polar surface area (TPSA) is 43.6 Å². The van der Waals surface area contributed by atoms with Crippen molar-refractivity contribution < 1.29 is 0 Å². The van der Waals surface area contributed by atoms with Crippen LogP contribution in [-0.4, -0.2) is 25.8 Å². The fourth-order valence-electron chi connectivity index (χ4n) is 2.65. The Balaban J connectivity index is 1.91. The standard InChI is InChI=1S/C17H13IN4S2/c1-22-9-21-14(10-3-5-11(18)6-4-10)15(22)13-7-12-16(23-2)19-8-20-17(12)24-13/h3-9H,1-2H3. The summed E-state index contributed by atoms with van der Waals surface area (Å²) in [6.45, 7) is 0. The molecule has 0 unspecified atom stereocenters. The molecule has 0 aliphatic carbocycles. The highest BCUT2D eigenvalue weighted by molar-refractivity contribution is 14.1. The van der Waals surface area contributed by atoms with E-state index in [1.807, 2.05) is 19.6 Å². The van der Waals surface area contributed by atoms with Gasteiger partial charge in [0, 0.05) is 21.6 Å². The van der Waals surface area contributed by atoms with Crippen molar-refractivity contribution in [2.75, 3.05) is 6.26 Å². The molecule has 0 saturated carbocycles. The minimum Gasteiger partial charge on any atom is -0.333 e. The monoisotopic (exact) mass is 464 g/mol. The number of nitrogens with zero attached hydrogens (tertiary/aromatic N) is 4. The quantitative estimate of drug-likeness (QED) is 0.241. The lowest BCUT2D eigenvalue weighted by Crippen LogP contribution is -1.89. The van der Waals surface area contributed by atoms with Crippen molar-refractivity contribution in [3.05, 3.63) is 46.6 Å². The van der Waals surface area contributed by atoms with Crippen LogP contribution in [0.25, 0.3) is 32.0 Å². The van der Waals surface area contributed by atoms with Crippen molar-refractivity contribution in [1.82, 2.24) is 19.5 Å². The predicted molar refractivity (Wildman–Crippen MR) is 110 cm³/mol. The molecule has 3 aromatic heterocycles. The maximum absolute atomic E-state index is 4.63. The van der Waals surface area contributed by atoms with E-state index in [4.69, 9.17) is 0 Å². The largest absolute Gasteiger partial charge is 0.333 e. The van der Waals surface area contributed by atoms with Gasteiger partial charge >= 0.3 is 0 Å². The van der Waals surface area contributed by atoms with E-state index in [-0.39, 0.29) is 0 Å². The lowest BCUT2D eigenvalue weighted by atomic mass is 10.1. The predicted octanol–water partition coefficient (Wildman–Crippen LogP) is 5.09. The first-order valence-electron chi connectivity index (χ1n) is 7.23. The second-order valence-electron chi connectivity index (χ2n) is 5.27. The van der Waals surface area contributed by atoms with Crippen molar-refractivity contribution in [3.63, 3.8) is 0 Å². The SMILES string of the molecule is CSc1ncnc2sc(-c3c(-c4ccc(I)cc4)ncn3C)cc12. The van der Waals surface area contributed by atoms with Crippen molar-refractivity contribution in [2.24, 2.45) is 7.05 Å². The first-order valence-corrected chi connectivity index (χ1v) is 10.4. The highest BCUT2D eigenvalue weighted by atomic mass is 127. The van der Waals surface area contributed by atoms with Gasteiger partial charge in [-0.15, -0.1) is 23.1 Å². The van der Waals surface area contributed by atoms with E-state index in [1.54, 1.807) is 29.4 Å². The van der Waals surface area contributed by atoms with Crippen LogP contribution >= 0.6 is 45.7 Å². The Labute approximate surface area is 161 Å². The normalized spacial score (nSPS) is 11.3. The summed E-state index contributed by atoms with van der Waals surface area (Å²) >= 11 is 5.65. The zero-order chi connectivity index (χ0) is 16.7. The second kappa shape index (κ2) is 6.45. The third-order valence-corrected chi connectivity index (χ3v) is 6.26. The number of aryl methyl sites for hydroxylation is 1. The van der Waals surface area contributed by atoms with Crippen molar-refractivity contribution >= 4 is 55.9 Å². The summed E-state index contributed by atoms with van der Waals surface area (Å²) in [6, 6.07) is 10.6. The van der Waals surface area contributed by atoms with E-state index in [1.165, 1.54) is 3.57 Å². The third kappa shape index (κ3) is 2.74. The van der Waals surface area contributed by atoms with Crippen LogP contribution < -0.4 is 0 Å². The molecule has 0 fully saturated rings. The van der Waals surface area contributed by atoms with Crippen molar-refractivity contribution in [1.29, 1.82) is 0 Å². The fourth-order valence-corrected chi connectivity index (χ4v) is 4.69. The van der Waals surface area contributed by atoms with E-state index in [0.29, 0.717) is 0 Å². The Hall–Kier alpha value is -1.45. The van der Waals surface area contributed by atoms with Gasteiger partial charge in [0.1, 0.15) is 16.2 Å². The third-order valence-electron chi connectivity index (χ3n) is 3.77. The summed E-state index contributed by atoms with van der Waals surface area (Å²) in [5, 5.41) is 2.13. The maximum atomic E-state index is 4.63. The van der Waals surface area contributed by atoms with Gasteiger partial charge in [-0.1, -0.05) is 12.1 Å². The molecule has 1 aromatic carbocycles. The number of benzene rings is 1. The summed E-state index contributed by atoms with van der Waals surface area (Å²) in [5.74, 6) is 0. The smallest absolute Gasteiger partial charge is 0.128 e. The van der Waals surface area contributed by atoms with E-state index in [0.717, 1.165) is 37.1 Å². The Morgan fingerprint density at radius 2 is 1.92 bits per heavy atom. The van der Waals surface area contributed by atoms with Crippen molar-refractivity contribution in [2.45, 2.75) is 5.03 Å². The van der Waals surface area contributed by atoms with Gasteiger partial charge in [0.05, 0.1) is 22.6 Å². The van der Waals surface area contributed by atoms with Gasteiger partial charge in [-0.2, -0.15) is 0 Å². The molecule has 0 saturated heterocycles. The molecule has 0 N–H and O–H groups in total. The van der Waals surface area contributed by atoms with Gasteiger partial charge in [-0.3, -0.25) is 0 Å². The number of aromatic nitrogens is 4. The molecule has 0 bridgehead atoms. The maximum Gasteiger partial charge on any atom is 0.128 e. The molecule has 4 aromatic rings. The lowest BCUT2D eigenvalue weighted by molar-refractivity contribution is 0.923. The van der Waals surface area contributed by atoms with Gasteiger partial charge < -0.3 is 4.57 Å². The molecule has 0 atom stereocenters. The molecule has 4 nitrogen and oxygen atoms in total. The molecular weight excluding hydrogens is 451 g/mol. The minimum absolute atomic E-state index is 0.999. The van der Waals surface area contributed by atoms with Crippen LogP contribution in [0.4, 0.5) is 0 Å². The van der Waals surface area contributed by atoms with Crippen LogP contribution in [0.3, 0.4) is 0 Å². The molecule has 4 rings (SSSR count). The van der Waals surface area contributed by atoms with Gasteiger partial charge in [-0.25, -0.2) is 15.0 Å². The molecule has 7 heteroatoms. The number of rotatable bonds is 3. The fraction of sp³-hybridized carbons (Fsp3) is 0.118. The molecule has 0 aliphatic heterocycles. The Morgan fingerprint density at radius 1 is 1.12 bits per heavy atom. The van der Waals surface area contributed by atoms with Gasteiger partial charge in [0.25, 0.3) is 0 Å². The Bertz CT molecular complexity index is 1020. The summed E-state index contributed by atoms with van der Waals surface area (Å²) in [5.41, 5.74) is 3.24. The number of thioether (sulfide) groups is 1. The Kier molecular flexibility index (Phi) is 4.31. The second-order valence-corrected chi connectivity index (χ2v) is 8.34. The highest BCUT2D eigenvalue weighted by Crippen LogP contribution is 2.39. The van der Waals surface area contributed by atoms with Crippen LogP contribution in [0.15, 0.2) is 48.0 Å². The van der Waals surface area contributed by atoms with Crippen LogP contribution in [0.1, 0.15) is 0 Å². The minimum atomic E-state index is 0.999. The highest BCUT2D eigenvalue weighted by Gasteiger charge is 2.17. The number of imidazole rings is 1. The molecule has 0 spiro atoms. The van der Waals surface area contributed by atoms with E-state index >= 15 is 0 Å². The Morgan fingerprint density at radius 3 is 2.67 bits per heavy atom. The van der Waals surface area contributed by atoms with Crippen LogP contribution in [0.5, 0.6) is 0 Å². The van der Waals surface area contributed by atoms with Gasteiger partial charge in [0.15, 0.2) is 0 Å². The average Bonchev–Trinajstić information content (AvgIpc) is 3.18. The molecule has 3 heterocycles.